The van der Waals surface area contributed by atoms with Gasteiger partial charge < -0.3 is 9.38 Å². The monoisotopic (exact) mass is 888 g/mol. The molecule has 3 heteroatoms. The lowest BCUT2D eigenvalue weighted by Crippen LogP contribution is -2.56. The summed E-state index contributed by atoms with van der Waals surface area (Å²) in [5.41, 5.74) is 21.4. The highest BCUT2D eigenvalue weighted by molar-refractivity contribution is 6.90. The fourth-order valence-corrected chi connectivity index (χ4v) is 18.4. The third-order valence-corrected chi connectivity index (χ3v) is 20.2. The topological polar surface area (TPSA) is 8.17 Å². The van der Waals surface area contributed by atoms with Gasteiger partial charge in [0.05, 0.1) is 0 Å². The molecule has 0 spiro atoms. The SMILES string of the molecule is c1ccc(-c2ccc(N3c4ccc(-c5ccccc5)cc4B4c5c3cc3ccccc3c5-c3cc(C56CC7CC(CC(C7)C5)C6)cc5c6cc(C78CC9CC(CC(C9)C7)C8)ccc6n4c35)cc2)cc1. The Morgan fingerprint density at radius 3 is 1.62 bits per heavy atom. The van der Waals surface area contributed by atoms with Gasteiger partial charge in [-0.3, -0.25) is 0 Å². The Hall–Kier alpha value is -6.32. The van der Waals surface area contributed by atoms with Gasteiger partial charge in [-0.25, -0.2) is 0 Å². The smallest absolute Gasteiger partial charge is 0.333 e. The van der Waals surface area contributed by atoms with Gasteiger partial charge in [0.15, 0.2) is 0 Å². The number of aromatic nitrogens is 1. The maximum Gasteiger partial charge on any atom is 0.333 e. The van der Waals surface area contributed by atoms with Crippen molar-refractivity contribution in [2.24, 2.45) is 35.5 Å². The number of anilines is 3. The van der Waals surface area contributed by atoms with Crippen LogP contribution in [0.1, 0.15) is 88.2 Å². The van der Waals surface area contributed by atoms with Crippen molar-refractivity contribution in [3.63, 3.8) is 0 Å². The molecular weight excluding hydrogens is 832 g/mol. The van der Waals surface area contributed by atoms with Crippen LogP contribution in [0.4, 0.5) is 17.1 Å². The zero-order chi connectivity index (χ0) is 44.7. The first kappa shape index (κ1) is 38.5. The van der Waals surface area contributed by atoms with Gasteiger partial charge in [0.2, 0.25) is 0 Å². The van der Waals surface area contributed by atoms with Crippen LogP contribution in [-0.2, 0) is 10.8 Å². The zero-order valence-electron chi connectivity index (χ0n) is 39.5. The summed E-state index contributed by atoms with van der Waals surface area (Å²) in [5, 5.41) is 5.73. The Balaban J connectivity index is 0.975. The lowest BCUT2D eigenvalue weighted by molar-refractivity contribution is -0.00527. The van der Waals surface area contributed by atoms with Crippen molar-refractivity contribution in [2.45, 2.75) is 87.9 Å². The molecule has 334 valence electrons. The van der Waals surface area contributed by atoms with Gasteiger partial charge in [-0.1, -0.05) is 115 Å². The number of rotatable bonds is 5. The molecule has 9 aromatic rings. The quantitative estimate of drug-likeness (QED) is 0.156. The average molecular weight is 889 g/mol. The van der Waals surface area contributed by atoms with Crippen LogP contribution >= 0.6 is 0 Å². The van der Waals surface area contributed by atoms with E-state index in [0.29, 0.717) is 5.41 Å². The average Bonchev–Trinajstić information content (AvgIpc) is 3.70. The van der Waals surface area contributed by atoms with Crippen LogP contribution in [0.2, 0.25) is 0 Å². The molecule has 2 aliphatic heterocycles. The Morgan fingerprint density at radius 2 is 0.971 bits per heavy atom. The van der Waals surface area contributed by atoms with Gasteiger partial charge >= 0.3 is 6.85 Å². The van der Waals surface area contributed by atoms with E-state index >= 15 is 0 Å². The number of hydrogen-bond donors (Lipinski definition) is 0. The molecule has 2 nitrogen and oxygen atoms in total. The molecule has 8 saturated carbocycles. The molecule has 0 saturated heterocycles. The highest BCUT2D eigenvalue weighted by Gasteiger charge is 2.54. The number of hydrogen-bond acceptors (Lipinski definition) is 1. The highest BCUT2D eigenvalue weighted by atomic mass is 15.2. The van der Waals surface area contributed by atoms with Crippen LogP contribution < -0.4 is 15.8 Å². The normalized spacial score (nSPS) is 28.5. The summed E-state index contributed by atoms with van der Waals surface area (Å²) < 4.78 is 2.87. The van der Waals surface area contributed by atoms with Gasteiger partial charge in [0.1, 0.15) is 0 Å². The summed E-state index contributed by atoms with van der Waals surface area (Å²) in [6.07, 6.45) is 17.2. The Bertz CT molecular complexity index is 3570. The summed E-state index contributed by atoms with van der Waals surface area (Å²) in [5.74, 6) is 5.42. The van der Waals surface area contributed by atoms with Crippen LogP contribution in [0.15, 0.2) is 164 Å². The van der Waals surface area contributed by atoms with Crippen LogP contribution in [0.5, 0.6) is 0 Å². The molecule has 0 N–H and O–H groups in total. The minimum Gasteiger partial charge on any atom is -0.375 e. The van der Waals surface area contributed by atoms with Gasteiger partial charge in [-0.05, 0) is 233 Å². The molecule has 10 aliphatic rings. The van der Waals surface area contributed by atoms with Crippen LogP contribution in [0, 0.1) is 35.5 Å². The second-order valence-electron chi connectivity index (χ2n) is 24.1. The zero-order valence-corrected chi connectivity index (χ0v) is 39.5. The summed E-state index contributed by atoms with van der Waals surface area (Å²) in [7, 11) is 0. The maximum atomic E-state index is 2.87. The third kappa shape index (κ3) is 5.35. The molecule has 8 bridgehead atoms. The van der Waals surface area contributed by atoms with Crippen molar-refractivity contribution in [1.82, 2.24) is 4.48 Å². The number of nitrogens with zero attached hydrogens (tertiary/aromatic N) is 2. The van der Waals surface area contributed by atoms with Crippen LogP contribution in [0.25, 0.3) is 66.0 Å². The first-order chi connectivity index (χ1) is 34.0. The Labute approximate surface area is 406 Å². The number of benzene rings is 8. The molecule has 19 rings (SSSR count). The maximum absolute atomic E-state index is 2.87. The standard InChI is InChI=1S/C66H57BN2/c1-3-9-46(10-4-1)48-15-19-53(20-16-48)68-60-21-17-49(47-11-5-2-6-12-47)29-58(60)67-63-61(68)30-50-13-7-8-14-54(50)62(63)57-33-52(66-37-43-26-44(38-66)28-45(27-43)39-66)32-56-55-31-51(18-22-59(55)69(67)64(56)57)65-34-40-23-41(35-65)25-42(24-40)36-65/h1-22,29-33,40-45H,23-28,34-39H2. The highest BCUT2D eigenvalue weighted by Crippen LogP contribution is 2.63. The lowest BCUT2D eigenvalue weighted by atomic mass is 9.44. The molecule has 0 atom stereocenters. The van der Waals surface area contributed by atoms with Crippen molar-refractivity contribution >= 4 is 67.4 Å². The fraction of sp³-hybridized carbons (Fsp3) is 0.303. The second-order valence-corrected chi connectivity index (χ2v) is 24.1. The van der Waals surface area contributed by atoms with E-state index in [-0.39, 0.29) is 12.3 Å². The van der Waals surface area contributed by atoms with E-state index in [4.69, 9.17) is 0 Å². The summed E-state index contributed by atoms with van der Waals surface area (Å²) in [4.78, 5) is 2.63. The van der Waals surface area contributed by atoms with E-state index in [2.05, 4.69) is 173 Å². The van der Waals surface area contributed by atoms with E-state index in [1.54, 1.807) is 11.1 Å². The molecular formula is C66H57BN2. The van der Waals surface area contributed by atoms with Gasteiger partial charge in [0.25, 0.3) is 0 Å². The molecule has 0 amide bonds. The minimum absolute atomic E-state index is 0.00130. The fourth-order valence-electron chi connectivity index (χ4n) is 18.4. The second kappa shape index (κ2) is 13.7. The molecule has 69 heavy (non-hydrogen) atoms. The van der Waals surface area contributed by atoms with Gasteiger partial charge in [-0.15, -0.1) is 0 Å². The largest absolute Gasteiger partial charge is 0.375 e. The molecule has 8 aromatic carbocycles. The van der Waals surface area contributed by atoms with Gasteiger partial charge in [0, 0.05) is 44.4 Å². The molecule has 8 fully saturated rings. The van der Waals surface area contributed by atoms with Crippen LogP contribution in [-0.4, -0.2) is 11.3 Å². The van der Waals surface area contributed by atoms with Crippen molar-refractivity contribution in [3.8, 4) is 33.4 Å². The molecule has 0 unspecified atom stereocenters. The van der Waals surface area contributed by atoms with Crippen molar-refractivity contribution in [1.29, 1.82) is 0 Å². The first-order valence-corrected chi connectivity index (χ1v) is 26.9. The first-order valence-electron chi connectivity index (χ1n) is 26.9. The number of fused-ring (bicyclic) bond motifs is 9. The van der Waals surface area contributed by atoms with E-state index in [0.717, 1.165) is 35.5 Å². The predicted molar refractivity (Wildman–Crippen MR) is 288 cm³/mol. The minimum atomic E-state index is 0.00130. The van der Waals surface area contributed by atoms with E-state index in [1.165, 1.54) is 171 Å². The summed E-state index contributed by atoms with van der Waals surface area (Å²) in [6.45, 7) is 0.00130. The van der Waals surface area contributed by atoms with Crippen molar-refractivity contribution < 1.29 is 0 Å². The predicted octanol–water partition coefficient (Wildman–Crippen LogP) is 15.6. The van der Waals surface area contributed by atoms with E-state index in [1.807, 2.05) is 0 Å². The van der Waals surface area contributed by atoms with E-state index < -0.39 is 0 Å². The van der Waals surface area contributed by atoms with Crippen molar-refractivity contribution in [2.75, 3.05) is 4.90 Å². The summed E-state index contributed by atoms with van der Waals surface area (Å²) in [6, 6.07) is 64.3. The molecule has 1 aromatic heterocycles. The van der Waals surface area contributed by atoms with Gasteiger partial charge in [-0.2, -0.15) is 0 Å². The van der Waals surface area contributed by atoms with E-state index in [9.17, 15) is 0 Å². The molecule has 8 aliphatic carbocycles. The van der Waals surface area contributed by atoms with Crippen molar-refractivity contribution in [3.05, 3.63) is 175 Å². The summed E-state index contributed by atoms with van der Waals surface area (Å²) >= 11 is 0. The molecule has 3 heterocycles. The third-order valence-electron chi connectivity index (χ3n) is 20.2. The lowest BCUT2D eigenvalue weighted by Gasteiger charge is -2.57. The molecule has 0 radical (unpaired) electrons. The Morgan fingerprint density at radius 1 is 0.420 bits per heavy atom. The van der Waals surface area contributed by atoms with Crippen LogP contribution in [0.3, 0.4) is 0 Å². The Kier molecular flexibility index (Phi) is 7.66.